The Bertz CT molecular complexity index is 663. The Balaban J connectivity index is 1.68. The van der Waals surface area contributed by atoms with Crippen LogP contribution < -0.4 is 5.32 Å². The second-order valence-corrected chi connectivity index (χ2v) is 9.06. The van der Waals surface area contributed by atoms with E-state index in [2.05, 4.69) is 17.4 Å². The average molecular weight is 335 g/mol. The third-order valence-corrected chi connectivity index (χ3v) is 7.25. The molecule has 0 radical (unpaired) electrons. The summed E-state index contributed by atoms with van der Waals surface area (Å²) in [5.74, 6) is -0.713. The van der Waals surface area contributed by atoms with Crippen molar-refractivity contribution in [2.24, 2.45) is 0 Å². The van der Waals surface area contributed by atoms with Gasteiger partial charge < -0.3 is 5.32 Å². The predicted molar refractivity (Wildman–Crippen MR) is 90.9 cm³/mol. The van der Waals surface area contributed by atoms with Crippen LogP contribution in [-0.4, -0.2) is 25.3 Å². The van der Waals surface area contributed by atoms with E-state index in [0.717, 1.165) is 44.1 Å². The molecule has 0 saturated heterocycles. The third kappa shape index (κ3) is 3.94. The van der Waals surface area contributed by atoms with Gasteiger partial charge in [-0.05, 0) is 43.2 Å². The maximum Gasteiger partial charge on any atom is 0.235 e. The number of fused-ring (bicyclic) bond motifs is 1. The molecule has 1 amide bonds. The van der Waals surface area contributed by atoms with E-state index in [1.807, 2.05) is 12.1 Å². The molecule has 126 valence electrons. The average Bonchev–Trinajstić information content (AvgIpc) is 2.99. The first-order chi connectivity index (χ1) is 11.1. The van der Waals surface area contributed by atoms with Crippen molar-refractivity contribution >= 4 is 15.7 Å². The van der Waals surface area contributed by atoms with E-state index in [9.17, 15) is 13.2 Å². The monoisotopic (exact) mass is 335 g/mol. The van der Waals surface area contributed by atoms with E-state index in [1.165, 1.54) is 5.56 Å². The van der Waals surface area contributed by atoms with Crippen LogP contribution in [-0.2, 0) is 21.1 Å². The molecule has 2 aliphatic carbocycles. The van der Waals surface area contributed by atoms with Crippen molar-refractivity contribution in [3.63, 3.8) is 0 Å². The fraction of sp³-hybridized carbons (Fsp3) is 0.611. The van der Waals surface area contributed by atoms with Gasteiger partial charge in [-0.15, -0.1) is 0 Å². The Morgan fingerprint density at radius 3 is 2.52 bits per heavy atom. The summed E-state index contributed by atoms with van der Waals surface area (Å²) < 4.78 is 24.7. The summed E-state index contributed by atoms with van der Waals surface area (Å²) in [4.78, 5) is 12.3. The maximum atomic E-state index is 12.3. The lowest BCUT2D eigenvalue weighted by atomic mass is 9.99. The fourth-order valence-electron chi connectivity index (χ4n) is 3.86. The zero-order valence-electron chi connectivity index (χ0n) is 13.5. The van der Waals surface area contributed by atoms with Crippen LogP contribution in [0.3, 0.4) is 0 Å². The second kappa shape index (κ2) is 7.04. The first kappa shape index (κ1) is 16.5. The molecule has 0 bridgehead atoms. The number of carbonyl (C=O) groups excluding carboxylic acids is 1. The Morgan fingerprint density at radius 1 is 1.04 bits per heavy atom. The number of nitrogens with one attached hydrogen (secondary N) is 1. The van der Waals surface area contributed by atoms with Gasteiger partial charge in [0.2, 0.25) is 5.91 Å². The topological polar surface area (TPSA) is 63.2 Å². The Morgan fingerprint density at radius 2 is 1.74 bits per heavy atom. The van der Waals surface area contributed by atoms with E-state index in [0.29, 0.717) is 12.8 Å². The SMILES string of the molecule is O=C(CS(=O)(=O)C1CCCC1)N[C@H]1CCCCc2ccccc21. The van der Waals surface area contributed by atoms with Crippen LogP contribution in [0.15, 0.2) is 24.3 Å². The Kier molecular flexibility index (Phi) is 5.05. The minimum Gasteiger partial charge on any atom is -0.348 e. The van der Waals surface area contributed by atoms with E-state index in [4.69, 9.17) is 0 Å². The van der Waals surface area contributed by atoms with E-state index < -0.39 is 9.84 Å². The molecule has 5 heteroatoms. The lowest BCUT2D eigenvalue weighted by molar-refractivity contribution is -0.119. The molecular formula is C18H25NO3S. The molecule has 1 fully saturated rings. The molecule has 1 atom stereocenters. The van der Waals surface area contributed by atoms with Gasteiger partial charge in [0.05, 0.1) is 11.3 Å². The highest BCUT2D eigenvalue weighted by atomic mass is 32.2. The van der Waals surface area contributed by atoms with Crippen molar-refractivity contribution in [2.75, 3.05) is 5.75 Å². The minimum atomic E-state index is -3.31. The Labute approximate surface area is 138 Å². The van der Waals surface area contributed by atoms with Crippen LogP contribution in [0.4, 0.5) is 0 Å². The molecule has 4 nitrogen and oxygen atoms in total. The van der Waals surface area contributed by atoms with Gasteiger partial charge in [-0.2, -0.15) is 0 Å². The number of aryl methyl sites for hydroxylation is 1. The van der Waals surface area contributed by atoms with Crippen LogP contribution in [0, 0.1) is 0 Å². The van der Waals surface area contributed by atoms with Gasteiger partial charge in [0.1, 0.15) is 5.75 Å². The molecule has 1 aromatic rings. The van der Waals surface area contributed by atoms with Gasteiger partial charge in [-0.25, -0.2) is 8.42 Å². The first-order valence-electron chi connectivity index (χ1n) is 8.65. The van der Waals surface area contributed by atoms with Crippen LogP contribution in [0.25, 0.3) is 0 Å². The van der Waals surface area contributed by atoms with Crippen molar-refractivity contribution < 1.29 is 13.2 Å². The number of sulfone groups is 1. The molecule has 1 aromatic carbocycles. The lowest BCUT2D eigenvalue weighted by Gasteiger charge is -2.20. The number of carbonyl (C=O) groups is 1. The first-order valence-corrected chi connectivity index (χ1v) is 10.4. The molecule has 3 rings (SSSR count). The molecule has 0 aliphatic heterocycles. The summed E-state index contributed by atoms with van der Waals surface area (Å²) in [7, 11) is -3.31. The van der Waals surface area contributed by atoms with Crippen molar-refractivity contribution in [1.82, 2.24) is 5.32 Å². The quantitative estimate of drug-likeness (QED) is 0.861. The van der Waals surface area contributed by atoms with Crippen molar-refractivity contribution in [3.8, 4) is 0 Å². The van der Waals surface area contributed by atoms with Gasteiger partial charge in [-0.3, -0.25) is 4.79 Å². The molecular weight excluding hydrogens is 310 g/mol. The zero-order valence-corrected chi connectivity index (χ0v) is 14.3. The number of benzene rings is 1. The number of amides is 1. The van der Waals surface area contributed by atoms with E-state index >= 15 is 0 Å². The Hall–Kier alpha value is -1.36. The van der Waals surface area contributed by atoms with Gasteiger partial charge in [-0.1, -0.05) is 43.5 Å². The number of hydrogen-bond donors (Lipinski definition) is 1. The summed E-state index contributed by atoms with van der Waals surface area (Å²) in [6.45, 7) is 0. The summed E-state index contributed by atoms with van der Waals surface area (Å²) in [6.07, 6.45) is 7.42. The van der Waals surface area contributed by atoms with Gasteiger partial charge in [0.25, 0.3) is 0 Å². The summed E-state index contributed by atoms with van der Waals surface area (Å²) in [5, 5.41) is 2.67. The van der Waals surface area contributed by atoms with Crippen LogP contribution in [0.5, 0.6) is 0 Å². The molecule has 2 aliphatic rings. The highest BCUT2D eigenvalue weighted by Crippen LogP contribution is 2.29. The summed E-state index contributed by atoms with van der Waals surface area (Å²) in [6, 6.07) is 8.11. The molecule has 23 heavy (non-hydrogen) atoms. The molecule has 1 N–H and O–H groups in total. The maximum absolute atomic E-state index is 12.3. The van der Waals surface area contributed by atoms with Gasteiger partial charge in [0.15, 0.2) is 9.84 Å². The normalized spacial score (nSPS) is 22.3. The molecule has 1 saturated carbocycles. The lowest BCUT2D eigenvalue weighted by Crippen LogP contribution is -2.36. The van der Waals surface area contributed by atoms with Crippen LogP contribution in [0.1, 0.15) is 62.1 Å². The van der Waals surface area contributed by atoms with Gasteiger partial charge >= 0.3 is 0 Å². The van der Waals surface area contributed by atoms with Crippen LogP contribution >= 0.6 is 0 Å². The zero-order chi connectivity index (χ0) is 16.3. The van der Waals surface area contributed by atoms with Crippen LogP contribution in [0.2, 0.25) is 0 Å². The van der Waals surface area contributed by atoms with Crippen molar-refractivity contribution in [2.45, 2.75) is 62.7 Å². The van der Waals surface area contributed by atoms with E-state index in [-0.39, 0.29) is 23.0 Å². The largest absolute Gasteiger partial charge is 0.348 e. The molecule has 0 aromatic heterocycles. The fourth-order valence-corrected chi connectivity index (χ4v) is 5.59. The molecule has 0 heterocycles. The van der Waals surface area contributed by atoms with E-state index in [1.54, 1.807) is 0 Å². The minimum absolute atomic E-state index is 0.0556. The third-order valence-electron chi connectivity index (χ3n) is 5.10. The summed E-state index contributed by atoms with van der Waals surface area (Å²) >= 11 is 0. The highest BCUT2D eigenvalue weighted by molar-refractivity contribution is 7.92. The smallest absolute Gasteiger partial charge is 0.235 e. The van der Waals surface area contributed by atoms with Crippen molar-refractivity contribution in [1.29, 1.82) is 0 Å². The predicted octanol–water partition coefficient (Wildman–Crippen LogP) is 2.93. The second-order valence-electron chi connectivity index (χ2n) is 6.78. The number of hydrogen-bond acceptors (Lipinski definition) is 3. The van der Waals surface area contributed by atoms with Gasteiger partial charge in [0, 0.05) is 0 Å². The molecule has 0 unspecified atom stereocenters. The standard InChI is InChI=1S/C18H25NO3S/c20-18(13-23(21,22)15-9-3-4-10-15)19-17-12-6-2-8-14-7-1-5-11-16(14)17/h1,5,7,11,15,17H,2-4,6,8-10,12-13H2,(H,19,20)/t17-/m0/s1. The molecule has 0 spiro atoms. The summed E-state index contributed by atoms with van der Waals surface area (Å²) in [5.41, 5.74) is 2.42. The number of rotatable bonds is 4. The van der Waals surface area contributed by atoms with Crippen molar-refractivity contribution in [3.05, 3.63) is 35.4 Å². The highest BCUT2D eigenvalue weighted by Gasteiger charge is 2.31.